The molecule has 1 aromatic rings. The lowest BCUT2D eigenvalue weighted by Gasteiger charge is -2.16. The maximum absolute atomic E-state index is 13.3. The van der Waals surface area contributed by atoms with Crippen molar-refractivity contribution in [2.75, 3.05) is 6.54 Å². The molecule has 1 aromatic carbocycles. The van der Waals surface area contributed by atoms with Gasteiger partial charge in [-0.1, -0.05) is 20.3 Å². The number of nitrogens with zero attached hydrogens (tertiary/aromatic N) is 1. The first-order chi connectivity index (χ1) is 9.06. The summed E-state index contributed by atoms with van der Waals surface area (Å²) in [6.07, 6.45) is 3.66. The van der Waals surface area contributed by atoms with Crippen LogP contribution in [-0.2, 0) is 6.42 Å². The van der Waals surface area contributed by atoms with Crippen LogP contribution < -0.4 is 5.32 Å². The molecule has 1 unspecified atom stereocenters. The van der Waals surface area contributed by atoms with Crippen molar-refractivity contribution >= 4 is 5.69 Å². The molecule has 1 N–H and O–H groups in total. The largest absolute Gasteiger partial charge is 0.314 e. The minimum atomic E-state index is -0.555. The molecule has 5 heteroatoms. The van der Waals surface area contributed by atoms with Crippen LogP contribution in [0.3, 0.4) is 0 Å². The Hall–Kier alpha value is -1.49. The number of halogens is 1. The maximum atomic E-state index is 13.3. The van der Waals surface area contributed by atoms with Gasteiger partial charge >= 0.3 is 0 Å². The van der Waals surface area contributed by atoms with Crippen LogP contribution in [-0.4, -0.2) is 17.5 Å². The molecule has 0 aliphatic rings. The van der Waals surface area contributed by atoms with E-state index in [4.69, 9.17) is 0 Å². The number of hydrogen-bond donors (Lipinski definition) is 1. The van der Waals surface area contributed by atoms with Crippen molar-refractivity contribution in [1.82, 2.24) is 5.32 Å². The molecule has 0 heterocycles. The van der Waals surface area contributed by atoms with Crippen LogP contribution in [0.4, 0.5) is 10.1 Å². The van der Waals surface area contributed by atoms with Gasteiger partial charge < -0.3 is 5.32 Å². The van der Waals surface area contributed by atoms with E-state index in [-0.39, 0.29) is 5.69 Å². The van der Waals surface area contributed by atoms with Crippen LogP contribution >= 0.6 is 0 Å². The number of hydrogen-bond acceptors (Lipinski definition) is 3. The zero-order valence-corrected chi connectivity index (χ0v) is 11.5. The first kappa shape index (κ1) is 15.6. The summed E-state index contributed by atoms with van der Waals surface area (Å²) >= 11 is 0. The van der Waals surface area contributed by atoms with Gasteiger partial charge in [-0.25, -0.2) is 4.39 Å². The van der Waals surface area contributed by atoms with Crippen LogP contribution in [0.25, 0.3) is 0 Å². The topological polar surface area (TPSA) is 55.2 Å². The molecule has 19 heavy (non-hydrogen) atoms. The van der Waals surface area contributed by atoms with Gasteiger partial charge in [-0.05, 0) is 37.4 Å². The third-order valence-electron chi connectivity index (χ3n) is 3.06. The summed E-state index contributed by atoms with van der Waals surface area (Å²) in [5, 5.41) is 14.1. The second-order valence-electron chi connectivity index (χ2n) is 4.66. The summed E-state index contributed by atoms with van der Waals surface area (Å²) < 4.78 is 13.3. The maximum Gasteiger partial charge on any atom is 0.272 e. The predicted octanol–water partition coefficient (Wildman–Crippen LogP) is 3.44. The Bertz CT molecular complexity index is 418. The normalized spacial score (nSPS) is 12.4. The van der Waals surface area contributed by atoms with E-state index < -0.39 is 10.7 Å². The Kier molecular flexibility index (Phi) is 6.42. The monoisotopic (exact) mass is 268 g/mol. The van der Waals surface area contributed by atoms with Gasteiger partial charge in [0.2, 0.25) is 0 Å². The van der Waals surface area contributed by atoms with Gasteiger partial charge in [-0.15, -0.1) is 0 Å². The number of nitro groups is 1. The smallest absolute Gasteiger partial charge is 0.272 e. The number of benzene rings is 1. The van der Waals surface area contributed by atoms with E-state index in [0.29, 0.717) is 18.0 Å². The fourth-order valence-corrected chi connectivity index (χ4v) is 2.21. The van der Waals surface area contributed by atoms with Gasteiger partial charge in [0.05, 0.1) is 11.0 Å². The van der Waals surface area contributed by atoms with Crippen LogP contribution in [0, 0.1) is 15.9 Å². The van der Waals surface area contributed by atoms with Crippen molar-refractivity contribution in [3.8, 4) is 0 Å². The summed E-state index contributed by atoms with van der Waals surface area (Å²) in [5.74, 6) is -0.542. The quantitative estimate of drug-likeness (QED) is 0.580. The molecule has 106 valence electrons. The molecule has 0 aliphatic carbocycles. The lowest BCUT2D eigenvalue weighted by Crippen LogP contribution is -2.29. The fraction of sp³-hybridized carbons (Fsp3) is 0.571. The zero-order chi connectivity index (χ0) is 14.3. The van der Waals surface area contributed by atoms with Gasteiger partial charge in [0, 0.05) is 12.1 Å². The molecule has 1 rings (SSSR count). The van der Waals surface area contributed by atoms with E-state index in [1.54, 1.807) is 0 Å². The Morgan fingerprint density at radius 1 is 1.32 bits per heavy atom. The van der Waals surface area contributed by atoms with Crippen molar-refractivity contribution in [1.29, 1.82) is 0 Å². The van der Waals surface area contributed by atoms with Crippen LogP contribution in [0.2, 0.25) is 0 Å². The molecular formula is C14H21FN2O2. The summed E-state index contributed by atoms with van der Waals surface area (Å²) in [7, 11) is 0. The highest BCUT2D eigenvalue weighted by Crippen LogP contribution is 2.18. The molecule has 0 aromatic heterocycles. The highest BCUT2D eigenvalue weighted by atomic mass is 19.1. The molecule has 0 bridgehead atoms. The Balaban J connectivity index is 2.67. The van der Waals surface area contributed by atoms with Crippen LogP contribution in [0.5, 0.6) is 0 Å². The van der Waals surface area contributed by atoms with Gasteiger partial charge in [0.15, 0.2) is 0 Å². The number of rotatable bonds is 8. The van der Waals surface area contributed by atoms with Gasteiger partial charge in [0.25, 0.3) is 5.69 Å². The molecule has 0 saturated heterocycles. The van der Waals surface area contributed by atoms with E-state index in [1.807, 2.05) is 0 Å². The Labute approximate surface area is 113 Å². The van der Waals surface area contributed by atoms with E-state index in [0.717, 1.165) is 31.9 Å². The molecule has 0 spiro atoms. The van der Waals surface area contributed by atoms with Gasteiger partial charge in [0.1, 0.15) is 5.82 Å². The number of nitrogens with one attached hydrogen (secondary N) is 1. The molecular weight excluding hydrogens is 247 g/mol. The second kappa shape index (κ2) is 7.84. The Morgan fingerprint density at radius 2 is 2.05 bits per heavy atom. The number of non-ortho nitro benzene ring substituents is 1. The molecule has 0 saturated carbocycles. The third-order valence-corrected chi connectivity index (χ3v) is 3.06. The summed E-state index contributed by atoms with van der Waals surface area (Å²) in [4.78, 5) is 10.1. The Morgan fingerprint density at radius 3 is 2.63 bits per heavy atom. The summed E-state index contributed by atoms with van der Waals surface area (Å²) in [6, 6.07) is 4.18. The number of nitro benzene ring substituents is 1. The van der Waals surface area contributed by atoms with Crippen molar-refractivity contribution < 1.29 is 9.31 Å². The second-order valence-corrected chi connectivity index (χ2v) is 4.66. The van der Waals surface area contributed by atoms with Crippen molar-refractivity contribution in [3.63, 3.8) is 0 Å². The van der Waals surface area contributed by atoms with Gasteiger partial charge in [-0.2, -0.15) is 0 Å². The van der Waals surface area contributed by atoms with Gasteiger partial charge in [-0.3, -0.25) is 10.1 Å². The van der Waals surface area contributed by atoms with Crippen LogP contribution in [0.15, 0.2) is 18.2 Å². The minimum Gasteiger partial charge on any atom is -0.314 e. The van der Waals surface area contributed by atoms with Crippen molar-refractivity contribution in [2.45, 2.75) is 45.6 Å². The fourth-order valence-electron chi connectivity index (χ4n) is 2.21. The lowest BCUT2D eigenvalue weighted by atomic mass is 10.0. The number of aryl methyl sites for hydroxylation is 1. The highest BCUT2D eigenvalue weighted by Gasteiger charge is 2.11. The summed E-state index contributed by atoms with van der Waals surface area (Å²) in [6.45, 7) is 5.07. The average Bonchev–Trinajstić information content (AvgIpc) is 2.36. The van der Waals surface area contributed by atoms with Crippen molar-refractivity contribution in [2.24, 2.45) is 0 Å². The third kappa shape index (κ3) is 5.34. The predicted molar refractivity (Wildman–Crippen MR) is 73.7 cm³/mol. The molecule has 0 fully saturated rings. The van der Waals surface area contributed by atoms with E-state index in [9.17, 15) is 14.5 Å². The highest BCUT2D eigenvalue weighted by molar-refractivity contribution is 5.35. The zero-order valence-electron chi connectivity index (χ0n) is 11.5. The molecule has 1 atom stereocenters. The van der Waals surface area contributed by atoms with Crippen molar-refractivity contribution in [3.05, 3.63) is 39.7 Å². The van der Waals surface area contributed by atoms with E-state index in [1.165, 1.54) is 12.1 Å². The first-order valence-corrected chi connectivity index (χ1v) is 6.74. The first-order valence-electron chi connectivity index (χ1n) is 6.74. The standard InChI is InChI=1S/C14H21FN2O2/c1-3-5-13(16-4-2)7-6-11-8-12(15)10-14(9-11)17(18)19/h8-10,13,16H,3-7H2,1-2H3. The molecule has 0 radical (unpaired) electrons. The SMILES string of the molecule is CCCC(CCc1cc(F)cc([N+](=O)[O-])c1)NCC. The molecule has 4 nitrogen and oxygen atoms in total. The molecule has 0 aliphatic heterocycles. The average molecular weight is 268 g/mol. The summed E-state index contributed by atoms with van der Waals surface area (Å²) in [5.41, 5.74) is 0.510. The van der Waals surface area contributed by atoms with E-state index >= 15 is 0 Å². The lowest BCUT2D eigenvalue weighted by molar-refractivity contribution is -0.385. The van der Waals surface area contributed by atoms with E-state index in [2.05, 4.69) is 19.2 Å². The molecule has 0 amide bonds. The minimum absolute atomic E-state index is 0.175. The van der Waals surface area contributed by atoms with Crippen LogP contribution in [0.1, 0.15) is 38.7 Å².